The van der Waals surface area contributed by atoms with Crippen molar-refractivity contribution in [3.63, 3.8) is 0 Å². The van der Waals surface area contributed by atoms with E-state index >= 15 is 0 Å². The van der Waals surface area contributed by atoms with Gasteiger partial charge in [-0.2, -0.15) is 13.2 Å². The number of hydrogen-bond acceptors (Lipinski definition) is 7. The van der Waals surface area contributed by atoms with Crippen molar-refractivity contribution >= 4 is 28.9 Å². The van der Waals surface area contributed by atoms with E-state index in [0.717, 1.165) is 30.4 Å². The van der Waals surface area contributed by atoms with Crippen LogP contribution >= 0.6 is 11.6 Å². The van der Waals surface area contributed by atoms with E-state index in [2.05, 4.69) is 20.5 Å². The number of alkyl halides is 3. The molecule has 2 aromatic rings. The summed E-state index contributed by atoms with van der Waals surface area (Å²) >= 11 is 6.43. The van der Waals surface area contributed by atoms with Crippen LogP contribution in [0.3, 0.4) is 0 Å². The molecule has 34 heavy (non-hydrogen) atoms. The Labute approximate surface area is 200 Å². The number of nitrogens with zero attached hydrogens (tertiary/aromatic N) is 4. The van der Waals surface area contributed by atoms with Crippen molar-refractivity contribution < 1.29 is 17.9 Å². The highest BCUT2D eigenvalue weighted by Gasteiger charge is 2.34. The third kappa shape index (κ3) is 4.72. The maximum Gasteiger partial charge on any atom is 0.433 e. The number of ether oxygens (including phenoxy) is 1. The Kier molecular flexibility index (Phi) is 6.16. The molecule has 0 spiro atoms. The highest BCUT2D eigenvalue weighted by atomic mass is 35.5. The highest BCUT2D eigenvalue weighted by molar-refractivity contribution is 6.33. The second-order valence-corrected chi connectivity index (χ2v) is 8.75. The van der Waals surface area contributed by atoms with Gasteiger partial charge in [-0.05, 0) is 37.1 Å². The number of aromatic nitrogens is 1. The van der Waals surface area contributed by atoms with Crippen LogP contribution in [0, 0.1) is 0 Å². The number of piperidine rings is 1. The molecular weight excluding hydrogens is 469 g/mol. The number of pyridine rings is 1. The second kappa shape index (κ2) is 9.25. The molecule has 2 saturated heterocycles. The van der Waals surface area contributed by atoms with E-state index in [0.29, 0.717) is 42.9 Å². The summed E-state index contributed by atoms with van der Waals surface area (Å²) in [6, 6.07) is 10.5. The molecule has 4 heterocycles. The third-order valence-corrected chi connectivity index (χ3v) is 6.47. The molecule has 3 aliphatic rings. The molecule has 5 rings (SSSR count). The molecule has 7 nitrogen and oxygen atoms in total. The Hall–Kier alpha value is -3.14. The minimum atomic E-state index is -4.45. The van der Waals surface area contributed by atoms with E-state index < -0.39 is 11.9 Å². The lowest BCUT2D eigenvalue weighted by molar-refractivity contribution is -0.141. The SMILES string of the molecule is FC(F)(F)c1cc(N2CCC(NC3=NC4C(=CN3)OCCN4c3ccccc3Cl)CC2)ccn1. The van der Waals surface area contributed by atoms with Gasteiger partial charge < -0.3 is 25.2 Å². The number of para-hydroxylation sites is 1. The summed E-state index contributed by atoms with van der Waals surface area (Å²) in [4.78, 5) is 12.4. The molecule has 1 aromatic carbocycles. The fraction of sp³-hybridized carbons (Fsp3) is 0.391. The zero-order valence-corrected chi connectivity index (χ0v) is 19.0. The molecule has 11 heteroatoms. The molecule has 0 saturated carbocycles. The molecule has 2 fully saturated rings. The summed E-state index contributed by atoms with van der Waals surface area (Å²) in [5, 5.41) is 7.27. The molecule has 180 valence electrons. The minimum absolute atomic E-state index is 0.139. The van der Waals surface area contributed by atoms with Gasteiger partial charge in [-0.15, -0.1) is 0 Å². The maximum atomic E-state index is 13.0. The summed E-state index contributed by atoms with van der Waals surface area (Å²) in [6.07, 6.45) is -0.228. The van der Waals surface area contributed by atoms with Crippen LogP contribution in [0.5, 0.6) is 0 Å². The number of morpholine rings is 1. The van der Waals surface area contributed by atoms with Crippen LogP contribution in [0.1, 0.15) is 18.5 Å². The number of halogens is 4. The zero-order valence-electron chi connectivity index (χ0n) is 18.2. The fourth-order valence-electron chi connectivity index (χ4n) is 4.42. The number of rotatable bonds is 3. The Bertz CT molecular complexity index is 1100. The van der Waals surface area contributed by atoms with E-state index in [4.69, 9.17) is 21.3 Å². The Morgan fingerprint density at radius 3 is 2.68 bits per heavy atom. The van der Waals surface area contributed by atoms with Gasteiger partial charge in [-0.1, -0.05) is 23.7 Å². The molecular formula is C23H24ClF3N6O. The van der Waals surface area contributed by atoms with Gasteiger partial charge in [0.2, 0.25) is 0 Å². The Balaban J connectivity index is 1.23. The summed E-state index contributed by atoms with van der Waals surface area (Å²) in [7, 11) is 0. The molecule has 0 aliphatic carbocycles. The van der Waals surface area contributed by atoms with Gasteiger partial charge in [0.05, 0.1) is 17.3 Å². The van der Waals surface area contributed by atoms with Crippen molar-refractivity contribution in [1.29, 1.82) is 0 Å². The van der Waals surface area contributed by atoms with E-state index in [1.807, 2.05) is 35.4 Å². The first-order valence-electron chi connectivity index (χ1n) is 11.1. The van der Waals surface area contributed by atoms with Crippen molar-refractivity contribution in [2.45, 2.75) is 31.2 Å². The Morgan fingerprint density at radius 1 is 1.12 bits per heavy atom. The zero-order chi connectivity index (χ0) is 23.7. The topological polar surface area (TPSA) is 65.0 Å². The van der Waals surface area contributed by atoms with Gasteiger partial charge in [-0.25, -0.2) is 4.99 Å². The highest BCUT2D eigenvalue weighted by Crippen LogP contribution is 2.33. The number of fused-ring (bicyclic) bond motifs is 1. The van der Waals surface area contributed by atoms with Crippen molar-refractivity contribution in [2.24, 2.45) is 4.99 Å². The Morgan fingerprint density at radius 2 is 1.91 bits per heavy atom. The van der Waals surface area contributed by atoms with Crippen LogP contribution in [-0.2, 0) is 10.9 Å². The molecule has 0 radical (unpaired) electrons. The van der Waals surface area contributed by atoms with Crippen LogP contribution in [0.2, 0.25) is 5.02 Å². The van der Waals surface area contributed by atoms with Gasteiger partial charge in [0, 0.05) is 37.2 Å². The summed E-state index contributed by atoms with van der Waals surface area (Å²) < 4.78 is 44.8. The number of hydrogen-bond donors (Lipinski definition) is 2. The van der Waals surface area contributed by atoms with Crippen LogP contribution in [0.25, 0.3) is 0 Å². The molecule has 1 unspecified atom stereocenters. The molecule has 0 bridgehead atoms. The predicted octanol–water partition coefficient (Wildman–Crippen LogP) is 3.98. The first-order chi connectivity index (χ1) is 16.4. The lowest BCUT2D eigenvalue weighted by Crippen LogP contribution is -2.52. The van der Waals surface area contributed by atoms with E-state index in [9.17, 15) is 13.2 Å². The smallest absolute Gasteiger partial charge is 0.433 e. The van der Waals surface area contributed by atoms with Crippen molar-refractivity contribution in [1.82, 2.24) is 15.6 Å². The fourth-order valence-corrected chi connectivity index (χ4v) is 4.67. The monoisotopic (exact) mass is 492 g/mol. The quantitative estimate of drug-likeness (QED) is 0.676. The molecule has 0 amide bonds. The number of anilines is 2. The van der Waals surface area contributed by atoms with Crippen LogP contribution < -0.4 is 20.4 Å². The summed E-state index contributed by atoms with van der Waals surface area (Å²) in [6.45, 7) is 2.46. The molecule has 1 aromatic heterocycles. The normalized spacial score (nSPS) is 21.1. The molecule has 2 N–H and O–H groups in total. The first kappa shape index (κ1) is 22.6. The standard InChI is InChI=1S/C23H24ClF3N6O/c24-17-3-1-2-4-18(17)33-11-12-34-19-14-29-22(31-21(19)33)30-15-6-9-32(10-7-15)16-5-8-28-20(13-16)23(25,26)27/h1-5,8,13-15,21H,6-7,9-12H2,(H2,29,30,31). The maximum absolute atomic E-state index is 13.0. The van der Waals surface area contributed by atoms with Gasteiger partial charge in [0.25, 0.3) is 0 Å². The van der Waals surface area contributed by atoms with E-state index in [1.54, 1.807) is 6.07 Å². The van der Waals surface area contributed by atoms with E-state index in [1.165, 1.54) is 6.20 Å². The summed E-state index contributed by atoms with van der Waals surface area (Å²) in [5.41, 5.74) is 0.569. The van der Waals surface area contributed by atoms with Gasteiger partial charge in [-0.3, -0.25) is 4.98 Å². The van der Waals surface area contributed by atoms with Gasteiger partial charge in [0.1, 0.15) is 12.3 Å². The van der Waals surface area contributed by atoms with E-state index in [-0.39, 0.29) is 12.2 Å². The van der Waals surface area contributed by atoms with Crippen LogP contribution in [0.4, 0.5) is 24.5 Å². The van der Waals surface area contributed by atoms with Crippen LogP contribution in [0.15, 0.2) is 59.5 Å². The minimum Gasteiger partial charge on any atom is -0.490 e. The molecule has 1 atom stereocenters. The van der Waals surface area contributed by atoms with Gasteiger partial charge in [0.15, 0.2) is 17.9 Å². The van der Waals surface area contributed by atoms with Crippen molar-refractivity contribution in [3.05, 3.63) is 65.3 Å². The van der Waals surface area contributed by atoms with Crippen LogP contribution in [-0.4, -0.2) is 49.4 Å². The van der Waals surface area contributed by atoms with Gasteiger partial charge >= 0.3 is 6.18 Å². The molecule has 3 aliphatic heterocycles. The average molecular weight is 493 g/mol. The number of guanidine groups is 1. The number of aliphatic imine (C=N–C) groups is 1. The largest absolute Gasteiger partial charge is 0.490 e. The predicted molar refractivity (Wildman–Crippen MR) is 125 cm³/mol. The first-order valence-corrected chi connectivity index (χ1v) is 11.5. The number of benzene rings is 1. The summed E-state index contributed by atoms with van der Waals surface area (Å²) in [5.74, 6) is 1.36. The lowest BCUT2D eigenvalue weighted by Gasteiger charge is -2.39. The van der Waals surface area contributed by atoms with Crippen molar-refractivity contribution in [3.8, 4) is 0 Å². The third-order valence-electron chi connectivity index (χ3n) is 6.15. The van der Waals surface area contributed by atoms with Crippen molar-refractivity contribution in [2.75, 3.05) is 36.0 Å². The average Bonchev–Trinajstić information content (AvgIpc) is 2.84. The number of nitrogens with one attached hydrogen (secondary N) is 2. The lowest BCUT2D eigenvalue weighted by atomic mass is 10.0. The second-order valence-electron chi connectivity index (χ2n) is 8.34.